The summed E-state index contributed by atoms with van der Waals surface area (Å²) in [5, 5.41) is 0. The van der Waals surface area contributed by atoms with Crippen LogP contribution in [0.1, 0.15) is 24.0 Å². The van der Waals surface area contributed by atoms with Gasteiger partial charge in [0, 0.05) is 12.6 Å². The van der Waals surface area contributed by atoms with Gasteiger partial charge in [-0.2, -0.15) is 13.2 Å². The van der Waals surface area contributed by atoms with Gasteiger partial charge in [-0.25, -0.2) is 0 Å². The SMILES string of the molecule is CN1CC(N2CCC(C(F)(F)F)CC2)C1(c1ccccc1)c1ccccc1. The summed E-state index contributed by atoms with van der Waals surface area (Å²) in [5.74, 6) is -1.16. The monoisotopic (exact) mass is 374 g/mol. The quantitative estimate of drug-likeness (QED) is 0.780. The molecule has 2 aromatic carbocycles. The summed E-state index contributed by atoms with van der Waals surface area (Å²) in [4.78, 5) is 4.61. The molecular formula is C22H25F3N2. The van der Waals surface area contributed by atoms with Crippen LogP contribution in [0.25, 0.3) is 0 Å². The van der Waals surface area contributed by atoms with Crippen LogP contribution in [0.3, 0.4) is 0 Å². The van der Waals surface area contributed by atoms with E-state index in [1.165, 1.54) is 11.1 Å². The number of halogens is 3. The molecule has 0 spiro atoms. The summed E-state index contributed by atoms with van der Waals surface area (Å²) in [6, 6.07) is 20.9. The molecule has 0 amide bonds. The Morgan fingerprint density at radius 3 is 1.74 bits per heavy atom. The van der Waals surface area contributed by atoms with Crippen molar-refractivity contribution in [3.8, 4) is 0 Å². The Labute approximate surface area is 158 Å². The van der Waals surface area contributed by atoms with Gasteiger partial charge in [-0.15, -0.1) is 0 Å². The van der Waals surface area contributed by atoms with Crippen molar-refractivity contribution in [3.05, 3.63) is 71.8 Å². The molecule has 0 aromatic heterocycles. The molecule has 4 rings (SSSR count). The van der Waals surface area contributed by atoms with Crippen molar-refractivity contribution in [1.29, 1.82) is 0 Å². The van der Waals surface area contributed by atoms with Crippen molar-refractivity contribution in [2.45, 2.75) is 30.6 Å². The van der Waals surface area contributed by atoms with Gasteiger partial charge in [0.15, 0.2) is 0 Å². The van der Waals surface area contributed by atoms with Crippen LogP contribution in [0.5, 0.6) is 0 Å². The van der Waals surface area contributed by atoms with Crippen molar-refractivity contribution in [3.63, 3.8) is 0 Å². The van der Waals surface area contributed by atoms with E-state index < -0.39 is 12.1 Å². The molecule has 0 radical (unpaired) electrons. The summed E-state index contributed by atoms with van der Waals surface area (Å²) < 4.78 is 39.2. The van der Waals surface area contributed by atoms with E-state index in [2.05, 4.69) is 41.1 Å². The van der Waals surface area contributed by atoms with E-state index in [1.54, 1.807) is 0 Å². The van der Waals surface area contributed by atoms with Crippen molar-refractivity contribution in [2.24, 2.45) is 5.92 Å². The molecule has 0 bridgehead atoms. The largest absolute Gasteiger partial charge is 0.391 e. The van der Waals surface area contributed by atoms with Crippen LogP contribution in [0.4, 0.5) is 13.2 Å². The predicted octanol–water partition coefficient (Wildman–Crippen LogP) is 4.52. The predicted molar refractivity (Wildman–Crippen MR) is 100 cm³/mol. The number of nitrogens with zero attached hydrogens (tertiary/aromatic N) is 2. The number of rotatable bonds is 3. The minimum Gasteiger partial charge on any atom is -0.297 e. The van der Waals surface area contributed by atoms with Crippen LogP contribution < -0.4 is 0 Å². The van der Waals surface area contributed by atoms with E-state index in [0.717, 1.165) is 6.54 Å². The molecule has 0 aliphatic carbocycles. The topological polar surface area (TPSA) is 6.48 Å². The highest BCUT2D eigenvalue weighted by Crippen LogP contribution is 2.48. The van der Waals surface area contributed by atoms with Gasteiger partial charge in [-0.3, -0.25) is 9.80 Å². The smallest absolute Gasteiger partial charge is 0.297 e. The molecule has 1 unspecified atom stereocenters. The Morgan fingerprint density at radius 1 is 0.852 bits per heavy atom. The normalized spacial score (nSPS) is 24.5. The molecule has 5 heteroatoms. The number of likely N-dealkylation sites (tertiary alicyclic amines) is 2. The lowest BCUT2D eigenvalue weighted by Crippen LogP contribution is -2.73. The van der Waals surface area contributed by atoms with Crippen LogP contribution in [0.15, 0.2) is 60.7 Å². The Balaban J connectivity index is 1.67. The summed E-state index contributed by atoms with van der Waals surface area (Å²) in [6.45, 7) is 1.87. The summed E-state index contributed by atoms with van der Waals surface area (Å²) in [6.07, 6.45) is -3.68. The average molecular weight is 374 g/mol. The fourth-order valence-electron chi connectivity index (χ4n) is 4.97. The Hall–Kier alpha value is -1.85. The lowest BCUT2D eigenvalue weighted by atomic mass is 9.68. The molecule has 144 valence electrons. The highest BCUT2D eigenvalue weighted by atomic mass is 19.4. The molecule has 2 saturated heterocycles. The maximum absolute atomic E-state index is 13.1. The second-order valence-electron chi connectivity index (χ2n) is 7.75. The van der Waals surface area contributed by atoms with Crippen molar-refractivity contribution in [2.75, 3.05) is 26.7 Å². The molecule has 0 saturated carbocycles. The van der Waals surface area contributed by atoms with Gasteiger partial charge in [0.2, 0.25) is 0 Å². The van der Waals surface area contributed by atoms with Gasteiger partial charge in [-0.1, -0.05) is 60.7 Å². The first-order chi connectivity index (χ1) is 12.9. The molecule has 2 fully saturated rings. The molecule has 0 N–H and O–H groups in total. The van der Waals surface area contributed by atoms with Gasteiger partial charge < -0.3 is 0 Å². The fraction of sp³-hybridized carbons (Fsp3) is 0.455. The number of piperidine rings is 1. The first-order valence-corrected chi connectivity index (χ1v) is 9.57. The molecule has 2 aliphatic rings. The lowest BCUT2D eigenvalue weighted by Gasteiger charge is -2.62. The van der Waals surface area contributed by atoms with Gasteiger partial charge in [-0.05, 0) is 44.1 Å². The molecule has 2 aliphatic heterocycles. The maximum Gasteiger partial charge on any atom is 0.391 e. The van der Waals surface area contributed by atoms with E-state index >= 15 is 0 Å². The molecule has 2 aromatic rings. The molecule has 1 atom stereocenters. The average Bonchev–Trinajstić information content (AvgIpc) is 2.67. The molecule has 27 heavy (non-hydrogen) atoms. The first-order valence-electron chi connectivity index (χ1n) is 9.57. The fourth-order valence-corrected chi connectivity index (χ4v) is 4.97. The molecule has 2 nitrogen and oxygen atoms in total. The van der Waals surface area contributed by atoms with E-state index in [-0.39, 0.29) is 24.4 Å². The zero-order valence-corrected chi connectivity index (χ0v) is 15.5. The second-order valence-corrected chi connectivity index (χ2v) is 7.75. The maximum atomic E-state index is 13.1. The zero-order chi connectivity index (χ0) is 19.1. The van der Waals surface area contributed by atoms with Gasteiger partial charge in [0.1, 0.15) is 0 Å². The van der Waals surface area contributed by atoms with E-state index in [1.807, 2.05) is 36.4 Å². The molecular weight excluding hydrogens is 349 g/mol. The van der Waals surface area contributed by atoms with Crippen molar-refractivity contribution >= 4 is 0 Å². The highest BCUT2D eigenvalue weighted by Gasteiger charge is 2.57. The van der Waals surface area contributed by atoms with Crippen LogP contribution in [-0.4, -0.2) is 48.7 Å². The lowest BCUT2D eigenvalue weighted by molar-refractivity contribution is -0.191. The first kappa shape index (κ1) is 18.5. The Morgan fingerprint density at radius 2 is 1.33 bits per heavy atom. The van der Waals surface area contributed by atoms with Gasteiger partial charge in [0.05, 0.1) is 11.5 Å². The number of alkyl halides is 3. The van der Waals surface area contributed by atoms with Crippen molar-refractivity contribution in [1.82, 2.24) is 9.80 Å². The minimum atomic E-state index is -4.07. The van der Waals surface area contributed by atoms with E-state index in [9.17, 15) is 13.2 Å². The van der Waals surface area contributed by atoms with E-state index in [0.29, 0.717) is 13.1 Å². The third kappa shape index (κ3) is 3.07. The number of likely N-dealkylation sites (N-methyl/N-ethyl adjacent to an activating group) is 1. The van der Waals surface area contributed by atoms with Crippen LogP contribution in [0, 0.1) is 5.92 Å². The Bertz CT molecular complexity index is 713. The van der Waals surface area contributed by atoms with Crippen LogP contribution in [0.2, 0.25) is 0 Å². The number of hydrogen-bond donors (Lipinski definition) is 0. The zero-order valence-electron chi connectivity index (χ0n) is 15.5. The summed E-state index contributed by atoms with van der Waals surface area (Å²) >= 11 is 0. The second kappa shape index (κ2) is 6.95. The van der Waals surface area contributed by atoms with Crippen LogP contribution in [-0.2, 0) is 5.54 Å². The minimum absolute atomic E-state index is 0.182. The molecule has 2 heterocycles. The van der Waals surface area contributed by atoms with Crippen molar-refractivity contribution < 1.29 is 13.2 Å². The van der Waals surface area contributed by atoms with Gasteiger partial charge in [0.25, 0.3) is 0 Å². The third-order valence-corrected chi connectivity index (χ3v) is 6.39. The standard InChI is InChI=1S/C22H25F3N2/c1-26-16-20(27-14-12-19(13-15-27)22(23,24)25)21(26,17-8-4-2-5-9-17)18-10-6-3-7-11-18/h2-11,19-20H,12-16H2,1H3. The van der Waals surface area contributed by atoms with E-state index in [4.69, 9.17) is 0 Å². The Kier molecular flexibility index (Phi) is 4.77. The number of hydrogen-bond acceptors (Lipinski definition) is 2. The van der Waals surface area contributed by atoms with Crippen LogP contribution >= 0.6 is 0 Å². The third-order valence-electron chi connectivity index (χ3n) is 6.39. The number of benzene rings is 2. The highest BCUT2D eigenvalue weighted by molar-refractivity contribution is 5.44. The summed E-state index contributed by atoms with van der Waals surface area (Å²) in [5.41, 5.74) is 2.09. The van der Waals surface area contributed by atoms with Gasteiger partial charge >= 0.3 is 6.18 Å². The summed E-state index contributed by atoms with van der Waals surface area (Å²) in [7, 11) is 2.11.